The second-order valence-electron chi connectivity index (χ2n) is 25.3. The minimum absolute atomic E-state index is 0. The molecule has 10 aromatic rings. The number of benzene rings is 5. The van der Waals surface area contributed by atoms with Crippen LogP contribution < -0.4 is 22.8 Å². The van der Waals surface area contributed by atoms with E-state index in [0.717, 1.165) is 35.4 Å². The molecule has 0 spiro atoms. The summed E-state index contributed by atoms with van der Waals surface area (Å²) < 4.78 is 56.7. The Kier molecular flexibility index (Phi) is 29.9. The molecule has 5 nitrogen and oxygen atoms in total. The van der Waals surface area contributed by atoms with Crippen LogP contribution in [-0.4, -0.2) is 0 Å². The van der Waals surface area contributed by atoms with Gasteiger partial charge in [-0.25, -0.2) is 22.8 Å². The standard InChI is InChI=1S/C18H24N.C17H22N.2C16H20N.C15H18N.5CH4/c1-14-8-6-7-9-16(14)17-12-15(10-11-19(17)5)13-18(2,3)4;1-13(2)11-15-9-10-18(4)17(12-15)16-8-6-5-7-14(16)3;1-12(2)14-9-10-17(4)16(11-14)15-8-6-5-7-13(15)3;1-12(2)14-9-10-16(17(4)11-14)15-8-6-5-7-13(15)3;1-4-13-9-10-15(16(3)11-13)14-8-6-5-7-12(14)2;;;;;/h6-12H,13H2,1-5H3;5-10,12-13H,11H2,1-4H3;2*5-12H,1-4H3;5-11H,4H2,1-3H3;5*1H4/q5*+1;;;;;/i;;;1D3,12D;4D2;;;;;. The predicted octanol–water partition coefficient (Wildman–Crippen LogP) is 21.2. The molecule has 1 unspecified atom stereocenters. The summed E-state index contributed by atoms with van der Waals surface area (Å²) in [5.74, 6) is -0.351. The highest BCUT2D eigenvalue weighted by Gasteiger charge is 2.19. The fourth-order valence-corrected chi connectivity index (χ4v) is 10.7. The maximum absolute atomic E-state index is 8.16. The highest BCUT2D eigenvalue weighted by Crippen LogP contribution is 2.28. The summed E-state index contributed by atoms with van der Waals surface area (Å²) in [5.41, 5.74) is 24.3. The smallest absolute Gasteiger partial charge is 0.201 e. The molecule has 0 saturated carbocycles. The number of nitrogens with zero attached hydrogens (tertiary/aromatic N) is 5. The van der Waals surface area contributed by atoms with Crippen LogP contribution in [0.25, 0.3) is 56.3 Å². The Labute approximate surface area is 571 Å². The molecule has 1 atom stereocenters. The molecular formula is C87H124N5+5. The van der Waals surface area contributed by atoms with Crippen LogP contribution in [0.4, 0.5) is 0 Å². The van der Waals surface area contributed by atoms with Crippen LogP contribution in [0.2, 0.25) is 0 Å². The van der Waals surface area contributed by atoms with Gasteiger partial charge in [0.05, 0.1) is 0 Å². The Balaban J connectivity index is 0.000000606. The van der Waals surface area contributed by atoms with Crippen LogP contribution in [0.15, 0.2) is 213 Å². The summed E-state index contributed by atoms with van der Waals surface area (Å²) in [6.45, 7) is 27.1. The zero-order valence-electron chi connectivity index (χ0n) is 62.0. The maximum Gasteiger partial charge on any atom is 0.212 e. The lowest BCUT2D eigenvalue weighted by Crippen LogP contribution is -2.31. The minimum atomic E-state index is -2.36. The molecule has 0 amide bonds. The molecule has 10 rings (SSSR count). The van der Waals surface area contributed by atoms with E-state index in [1.165, 1.54) is 85.2 Å². The predicted molar refractivity (Wildman–Crippen MR) is 402 cm³/mol. The fourth-order valence-electron chi connectivity index (χ4n) is 10.7. The molecule has 5 heterocycles. The largest absolute Gasteiger partial charge is 0.212 e. The van der Waals surface area contributed by atoms with Crippen molar-refractivity contribution in [2.45, 2.75) is 172 Å². The van der Waals surface area contributed by atoms with Gasteiger partial charge in [0.15, 0.2) is 31.0 Å². The van der Waals surface area contributed by atoms with Crippen LogP contribution >= 0.6 is 0 Å². The lowest BCUT2D eigenvalue weighted by molar-refractivity contribution is -0.661. The maximum atomic E-state index is 8.16. The fraction of sp³-hybridized carbons (Fsp3) is 0.368. The van der Waals surface area contributed by atoms with Crippen molar-refractivity contribution in [1.29, 1.82) is 0 Å². The van der Waals surface area contributed by atoms with Crippen LogP contribution in [0.3, 0.4) is 0 Å². The van der Waals surface area contributed by atoms with Crippen molar-refractivity contribution < 1.29 is 31.1 Å². The molecular weight excluding hydrogens is 1110 g/mol. The monoisotopic (exact) mass is 1250 g/mol. The second-order valence-corrected chi connectivity index (χ2v) is 25.3. The van der Waals surface area contributed by atoms with E-state index in [4.69, 9.17) is 8.22 Å². The van der Waals surface area contributed by atoms with Crippen molar-refractivity contribution in [2.75, 3.05) is 0 Å². The number of rotatable bonds is 11. The third-order valence-corrected chi connectivity index (χ3v) is 15.7. The molecule has 492 valence electrons. The summed E-state index contributed by atoms with van der Waals surface area (Å²) in [6, 6.07) is 63.0. The molecule has 5 aromatic carbocycles. The number of hydrogen-bond acceptors (Lipinski definition) is 0. The number of pyridine rings is 5. The van der Waals surface area contributed by atoms with Gasteiger partial charge in [-0.15, -0.1) is 0 Å². The van der Waals surface area contributed by atoms with Gasteiger partial charge in [-0.3, -0.25) is 0 Å². The van der Waals surface area contributed by atoms with E-state index in [2.05, 4.69) is 251 Å². The molecule has 0 aliphatic heterocycles. The van der Waals surface area contributed by atoms with Gasteiger partial charge in [0, 0.05) is 95.7 Å². The van der Waals surface area contributed by atoms with Gasteiger partial charge in [0.2, 0.25) is 28.5 Å². The Morgan fingerprint density at radius 2 is 0.739 bits per heavy atom. The Morgan fingerprint density at radius 1 is 0.391 bits per heavy atom. The minimum Gasteiger partial charge on any atom is -0.201 e. The van der Waals surface area contributed by atoms with Gasteiger partial charge in [-0.1, -0.05) is 197 Å². The molecule has 0 aliphatic carbocycles. The van der Waals surface area contributed by atoms with Crippen molar-refractivity contribution in [2.24, 2.45) is 46.6 Å². The van der Waals surface area contributed by atoms with E-state index in [1.807, 2.05) is 90.9 Å². The number of aryl methyl sites for hydroxylation is 11. The normalized spacial score (nSPS) is 12.3. The summed E-state index contributed by atoms with van der Waals surface area (Å²) in [4.78, 5) is 0. The van der Waals surface area contributed by atoms with E-state index in [-0.39, 0.29) is 37.1 Å². The molecule has 0 aliphatic rings. The second kappa shape index (κ2) is 38.6. The Morgan fingerprint density at radius 3 is 1.09 bits per heavy atom. The van der Waals surface area contributed by atoms with E-state index < -0.39 is 19.1 Å². The van der Waals surface area contributed by atoms with Gasteiger partial charge in [0.25, 0.3) is 0 Å². The Hall–Kier alpha value is -8.15. The molecule has 0 saturated heterocycles. The molecule has 5 heteroatoms. The van der Waals surface area contributed by atoms with E-state index in [9.17, 15) is 0 Å². The molecule has 92 heavy (non-hydrogen) atoms. The first-order valence-corrected chi connectivity index (χ1v) is 30.8. The van der Waals surface area contributed by atoms with Crippen molar-refractivity contribution in [1.82, 2.24) is 0 Å². The first-order valence-electron chi connectivity index (χ1n) is 33.8. The molecule has 0 bridgehead atoms. The van der Waals surface area contributed by atoms with Crippen LogP contribution in [0, 0.1) is 46.0 Å². The van der Waals surface area contributed by atoms with E-state index >= 15 is 0 Å². The highest BCUT2D eigenvalue weighted by atomic mass is 14.9. The third kappa shape index (κ3) is 23.5. The SMILES string of the molecule is C.C.C.C.C.Cc1ccccc1-c1cc(C(C)C)cc[n+]1C.Cc1ccccc1-c1cc(CC(C)(C)C)cc[n+]1C.Cc1ccccc1-c1cc(CC(C)C)cc[n+]1C.[2H]C([2H])(C)c1ccc(-c2ccccc2C)[n+](C)c1.[2H]C([2H])([2H])C([2H])(C)c1ccc(-c2ccccc2C)[n+](C)c1. The number of aromatic nitrogens is 5. The van der Waals surface area contributed by atoms with Crippen molar-refractivity contribution in [3.05, 3.63) is 269 Å². The lowest BCUT2D eigenvalue weighted by Gasteiger charge is -2.18. The summed E-state index contributed by atoms with van der Waals surface area (Å²) in [5, 5.41) is 0. The zero-order chi connectivity index (χ0) is 68.8. The van der Waals surface area contributed by atoms with Crippen molar-refractivity contribution >= 4 is 0 Å². The lowest BCUT2D eigenvalue weighted by atomic mass is 9.88. The average Bonchev–Trinajstić information content (AvgIpc) is 0.794. The Bertz CT molecular complexity index is 4110. The van der Waals surface area contributed by atoms with Gasteiger partial charge in [0.1, 0.15) is 35.2 Å². The summed E-state index contributed by atoms with van der Waals surface area (Å²) in [7, 11) is 10.2. The van der Waals surface area contributed by atoms with Crippen molar-refractivity contribution in [3.63, 3.8) is 0 Å². The van der Waals surface area contributed by atoms with Crippen LogP contribution in [0.5, 0.6) is 0 Å². The molecule has 5 aromatic heterocycles. The van der Waals surface area contributed by atoms with Gasteiger partial charge >= 0.3 is 0 Å². The van der Waals surface area contributed by atoms with Gasteiger partial charge in [-0.05, 0) is 164 Å². The summed E-state index contributed by atoms with van der Waals surface area (Å²) in [6.07, 6.45) is 11.0. The molecule has 0 N–H and O–H groups in total. The van der Waals surface area contributed by atoms with Crippen LogP contribution in [0.1, 0.15) is 182 Å². The van der Waals surface area contributed by atoms with Crippen molar-refractivity contribution in [3.8, 4) is 56.3 Å². The first-order chi connectivity index (χ1) is 43.6. The number of hydrogen-bond donors (Lipinski definition) is 0. The van der Waals surface area contributed by atoms with Gasteiger partial charge < -0.3 is 0 Å². The summed E-state index contributed by atoms with van der Waals surface area (Å²) >= 11 is 0. The van der Waals surface area contributed by atoms with E-state index in [1.54, 1.807) is 19.2 Å². The molecule has 0 fully saturated rings. The zero-order valence-corrected chi connectivity index (χ0v) is 56.0. The topological polar surface area (TPSA) is 19.4 Å². The van der Waals surface area contributed by atoms with Gasteiger partial charge in [-0.2, -0.15) is 0 Å². The quantitative estimate of drug-likeness (QED) is 0.115. The van der Waals surface area contributed by atoms with Crippen LogP contribution in [-0.2, 0) is 54.5 Å². The average molecular weight is 1250 g/mol. The molecule has 0 radical (unpaired) electrons. The first kappa shape index (κ1) is 71.3. The third-order valence-electron chi connectivity index (χ3n) is 15.7. The highest BCUT2D eigenvalue weighted by molar-refractivity contribution is 5.64. The van der Waals surface area contributed by atoms with E-state index in [0.29, 0.717) is 28.4 Å².